The maximum absolute atomic E-state index is 12.3. The number of piperidine rings is 1. The van der Waals surface area contributed by atoms with Crippen LogP contribution in [0.5, 0.6) is 0 Å². The minimum Gasteiger partial charge on any atom is -0.481 e. The van der Waals surface area contributed by atoms with Crippen molar-refractivity contribution in [1.82, 2.24) is 14.9 Å². The van der Waals surface area contributed by atoms with Gasteiger partial charge in [-0.2, -0.15) is 0 Å². The number of carbonyl (C=O) groups excluding carboxylic acids is 1. The molecule has 2 heterocycles. The lowest BCUT2D eigenvalue weighted by atomic mass is 9.96. The molecule has 0 unspecified atom stereocenters. The molecule has 1 aliphatic rings. The predicted octanol–water partition coefficient (Wildman–Crippen LogP) is 1.03. The highest BCUT2D eigenvalue weighted by molar-refractivity contribution is 5.95. The van der Waals surface area contributed by atoms with Gasteiger partial charge in [0.25, 0.3) is 5.91 Å². The number of carbonyl (C=O) groups is 2. The molecule has 0 atom stereocenters. The summed E-state index contributed by atoms with van der Waals surface area (Å²) in [7, 11) is 0. The number of nitrogens with zero attached hydrogens (tertiary/aromatic N) is 3. The molecule has 0 radical (unpaired) electrons. The van der Waals surface area contributed by atoms with Crippen molar-refractivity contribution < 1.29 is 14.7 Å². The minimum atomic E-state index is -0.776. The van der Waals surface area contributed by atoms with Gasteiger partial charge in [0, 0.05) is 19.3 Å². The number of amides is 1. The summed E-state index contributed by atoms with van der Waals surface area (Å²) < 4.78 is 0. The summed E-state index contributed by atoms with van der Waals surface area (Å²) in [5.41, 5.74) is 1.16. The second-order valence-corrected chi connectivity index (χ2v) is 4.82. The number of aryl methyl sites for hydroxylation is 2. The van der Waals surface area contributed by atoms with Crippen LogP contribution in [0.4, 0.5) is 0 Å². The third-order valence-corrected chi connectivity index (χ3v) is 3.46. The highest BCUT2D eigenvalue weighted by Crippen LogP contribution is 2.19. The van der Waals surface area contributed by atoms with Crippen molar-refractivity contribution in [2.24, 2.45) is 5.92 Å². The lowest BCUT2D eigenvalue weighted by Crippen LogP contribution is -2.40. The molecule has 0 spiro atoms. The Balaban J connectivity index is 2.07. The first-order valence-corrected chi connectivity index (χ1v) is 6.31. The molecule has 0 aromatic carbocycles. The molecule has 1 aromatic heterocycles. The number of carboxylic acid groups (broad SMARTS) is 1. The van der Waals surface area contributed by atoms with Gasteiger partial charge in [0.05, 0.1) is 17.2 Å². The van der Waals surface area contributed by atoms with Gasteiger partial charge in [0.1, 0.15) is 5.82 Å². The fraction of sp³-hybridized carbons (Fsp3) is 0.538. The number of hydrogen-bond acceptors (Lipinski definition) is 4. The van der Waals surface area contributed by atoms with Crippen LogP contribution in [0.2, 0.25) is 0 Å². The summed E-state index contributed by atoms with van der Waals surface area (Å²) >= 11 is 0. The molecule has 1 N–H and O–H groups in total. The first-order chi connectivity index (χ1) is 8.99. The number of carboxylic acids is 1. The van der Waals surface area contributed by atoms with Crippen LogP contribution < -0.4 is 0 Å². The summed E-state index contributed by atoms with van der Waals surface area (Å²) in [6, 6.07) is 0. The smallest absolute Gasteiger partial charge is 0.306 e. The molecule has 0 aliphatic carbocycles. The zero-order valence-electron chi connectivity index (χ0n) is 11.1. The number of aromatic nitrogens is 2. The average molecular weight is 263 g/mol. The van der Waals surface area contributed by atoms with Gasteiger partial charge in [-0.1, -0.05) is 0 Å². The van der Waals surface area contributed by atoms with E-state index in [-0.39, 0.29) is 11.8 Å². The van der Waals surface area contributed by atoms with Crippen LogP contribution in [0, 0.1) is 19.8 Å². The summed E-state index contributed by atoms with van der Waals surface area (Å²) in [5, 5.41) is 8.93. The number of rotatable bonds is 2. The topological polar surface area (TPSA) is 83.4 Å². The second kappa shape index (κ2) is 5.34. The standard InChI is InChI=1S/C13H17N3O3/c1-8-11(7-14-9(2)15-8)12(17)16-5-3-10(4-6-16)13(18)19/h7,10H,3-6H2,1-2H3,(H,18,19). The highest BCUT2D eigenvalue weighted by atomic mass is 16.4. The van der Waals surface area contributed by atoms with Crippen LogP contribution in [0.25, 0.3) is 0 Å². The Morgan fingerprint density at radius 1 is 1.32 bits per heavy atom. The number of aliphatic carboxylic acids is 1. The Kier molecular flexibility index (Phi) is 3.78. The third kappa shape index (κ3) is 2.89. The van der Waals surface area contributed by atoms with Crippen LogP contribution in [-0.4, -0.2) is 44.9 Å². The van der Waals surface area contributed by atoms with Gasteiger partial charge in [0.2, 0.25) is 0 Å². The molecule has 0 saturated carbocycles. The van der Waals surface area contributed by atoms with Gasteiger partial charge >= 0.3 is 5.97 Å². The van der Waals surface area contributed by atoms with E-state index < -0.39 is 5.97 Å². The van der Waals surface area contributed by atoms with E-state index in [1.54, 1.807) is 24.9 Å². The largest absolute Gasteiger partial charge is 0.481 e. The van der Waals surface area contributed by atoms with E-state index in [2.05, 4.69) is 9.97 Å². The monoisotopic (exact) mass is 263 g/mol. The molecule has 19 heavy (non-hydrogen) atoms. The maximum Gasteiger partial charge on any atom is 0.306 e. The van der Waals surface area contributed by atoms with E-state index in [4.69, 9.17) is 5.11 Å². The zero-order chi connectivity index (χ0) is 14.0. The van der Waals surface area contributed by atoms with E-state index in [1.165, 1.54) is 0 Å². The lowest BCUT2D eigenvalue weighted by molar-refractivity contribution is -0.143. The van der Waals surface area contributed by atoms with E-state index >= 15 is 0 Å². The second-order valence-electron chi connectivity index (χ2n) is 4.82. The molecule has 6 heteroatoms. The van der Waals surface area contributed by atoms with Crippen LogP contribution in [0.15, 0.2) is 6.20 Å². The van der Waals surface area contributed by atoms with Gasteiger partial charge in [0.15, 0.2) is 0 Å². The average Bonchev–Trinajstić information content (AvgIpc) is 2.38. The Labute approximate surface area is 111 Å². The van der Waals surface area contributed by atoms with Crippen molar-refractivity contribution in [2.45, 2.75) is 26.7 Å². The molecule has 1 aliphatic heterocycles. The Bertz CT molecular complexity index is 508. The molecular weight excluding hydrogens is 246 g/mol. The zero-order valence-corrected chi connectivity index (χ0v) is 11.1. The van der Waals surface area contributed by atoms with E-state index in [0.29, 0.717) is 43.0 Å². The van der Waals surface area contributed by atoms with Crippen molar-refractivity contribution >= 4 is 11.9 Å². The number of hydrogen-bond donors (Lipinski definition) is 1. The number of likely N-dealkylation sites (tertiary alicyclic amines) is 1. The van der Waals surface area contributed by atoms with Crippen LogP contribution in [0.1, 0.15) is 34.7 Å². The van der Waals surface area contributed by atoms with Gasteiger partial charge < -0.3 is 10.0 Å². The maximum atomic E-state index is 12.3. The Morgan fingerprint density at radius 3 is 2.47 bits per heavy atom. The van der Waals surface area contributed by atoms with Crippen molar-refractivity contribution in [2.75, 3.05) is 13.1 Å². The van der Waals surface area contributed by atoms with Crippen molar-refractivity contribution in [3.8, 4) is 0 Å². The normalized spacial score (nSPS) is 16.4. The molecule has 1 fully saturated rings. The molecule has 6 nitrogen and oxygen atoms in total. The molecule has 102 valence electrons. The minimum absolute atomic E-state index is 0.110. The van der Waals surface area contributed by atoms with Gasteiger partial charge in [-0.3, -0.25) is 9.59 Å². The fourth-order valence-corrected chi connectivity index (χ4v) is 2.29. The quantitative estimate of drug-likeness (QED) is 0.861. The first kappa shape index (κ1) is 13.5. The van der Waals surface area contributed by atoms with E-state index in [9.17, 15) is 9.59 Å². The molecule has 2 rings (SSSR count). The first-order valence-electron chi connectivity index (χ1n) is 6.31. The van der Waals surface area contributed by atoms with Gasteiger partial charge in [-0.25, -0.2) is 9.97 Å². The molecule has 0 bridgehead atoms. The van der Waals surface area contributed by atoms with Crippen molar-refractivity contribution in [3.63, 3.8) is 0 Å². The van der Waals surface area contributed by atoms with Crippen molar-refractivity contribution in [3.05, 3.63) is 23.3 Å². The summed E-state index contributed by atoms with van der Waals surface area (Å²) in [6.07, 6.45) is 2.56. The molecular formula is C13H17N3O3. The SMILES string of the molecule is Cc1ncc(C(=O)N2CCC(C(=O)O)CC2)c(C)n1. The van der Waals surface area contributed by atoms with Gasteiger partial charge in [-0.15, -0.1) is 0 Å². The Morgan fingerprint density at radius 2 is 1.95 bits per heavy atom. The molecule has 1 aromatic rings. The summed E-state index contributed by atoms with van der Waals surface area (Å²) in [4.78, 5) is 33.1. The Hall–Kier alpha value is -1.98. The fourth-order valence-electron chi connectivity index (χ4n) is 2.29. The van der Waals surface area contributed by atoms with Crippen LogP contribution >= 0.6 is 0 Å². The van der Waals surface area contributed by atoms with Crippen LogP contribution in [-0.2, 0) is 4.79 Å². The van der Waals surface area contributed by atoms with E-state index in [1.807, 2.05) is 0 Å². The molecule has 1 amide bonds. The lowest BCUT2D eigenvalue weighted by Gasteiger charge is -2.30. The predicted molar refractivity (Wildman–Crippen MR) is 67.8 cm³/mol. The summed E-state index contributed by atoms with van der Waals surface area (Å²) in [5.74, 6) is -0.582. The van der Waals surface area contributed by atoms with Gasteiger partial charge in [-0.05, 0) is 26.7 Å². The van der Waals surface area contributed by atoms with Crippen LogP contribution in [0.3, 0.4) is 0 Å². The molecule has 1 saturated heterocycles. The summed E-state index contributed by atoms with van der Waals surface area (Å²) in [6.45, 7) is 4.51. The van der Waals surface area contributed by atoms with E-state index in [0.717, 1.165) is 0 Å². The third-order valence-electron chi connectivity index (χ3n) is 3.46. The highest BCUT2D eigenvalue weighted by Gasteiger charge is 2.28. The van der Waals surface area contributed by atoms with Crippen molar-refractivity contribution in [1.29, 1.82) is 0 Å².